The van der Waals surface area contributed by atoms with Crippen LogP contribution in [0.2, 0.25) is 0 Å². The highest BCUT2D eigenvalue weighted by Crippen LogP contribution is 2.31. The molecule has 0 bridgehead atoms. The van der Waals surface area contributed by atoms with E-state index in [2.05, 4.69) is 22.8 Å². The number of furan rings is 1. The molecule has 0 spiro atoms. The van der Waals surface area contributed by atoms with Gasteiger partial charge in [-0.1, -0.05) is 5.92 Å². The van der Waals surface area contributed by atoms with Crippen molar-refractivity contribution in [2.24, 2.45) is 0 Å². The van der Waals surface area contributed by atoms with E-state index >= 15 is 0 Å². The largest absolute Gasteiger partial charge is 0.496 e. The lowest BCUT2D eigenvalue weighted by Gasteiger charge is -2.17. The van der Waals surface area contributed by atoms with E-state index in [4.69, 9.17) is 18.6 Å². The topological polar surface area (TPSA) is 51.6 Å². The molecule has 0 N–H and O–H groups in total. The Morgan fingerprint density at radius 2 is 1.96 bits per heavy atom. The molecule has 0 aliphatic rings. The van der Waals surface area contributed by atoms with Gasteiger partial charge in [-0.05, 0) is 63.1 Å². The predicted octanol–water partition coefficient (Wildman–Crippen LogP) is 4.89. The molecule has 1 aromatic carbocycles. The van der Waals surface area contributed by atoms with Crippen LogP contribution in [0.25, 0.3) is 11.5 Å². The quantitative estimate of drug-likeness (QED) is 0.548. The van der Waals surface area contributed by atoms with Gasteiger partial charge in [0.15, 0.2) is 0 Å². The highest BCUT2D eigenvalue weighted by Gasteiger charge is 2.18. The molecule has 0 atom stereocenters. The van der Waals surface area contributed by atoms with Gasteiger partial charge < -0.3 is 13.6 Å². The zero-order chi connectivity index (χ0) is 20.1. The molecule has 3 rings (SSSR count). The van der Waals surface area contributed by atoms with Crippen molar-refractivity contribution in [3.63, 3.8) is 0 Å². The van der Waals surface area contributed by atoms with Crippen LogP contribution in [-0.4, -0.2) is 23.5 Å². The summed E-state index contributed by atoms with van der Waals surface area (Å²) < 4.78 is 16.9. The van der Waals surface area contributed by atoms with Gasteiger partial charge in [0.1, 0.15) is 17.3 Å². The van der Waals surface area contributed by atoms with Crippen LogP contribution in [0.4, 0.5) is 0 Å². The average Bonchev–Trinajstić information content (AvgIpc) is 3.31. The fourth-order valence-corrected chi connectivity index (χ4v) is 3.12. The molecule has 0 aliphatic heterocycles. The van der Waals surface area contributed by atoms with Crippen molar-refractivity contribution < 1.29 is 13.6 Å². The van der Waals surface area contributed by atoms with Crippen LogP contribution in [0, 0.1) is 32.6 Å². The highest BCUT2D eigenvalue weighted by atomic mass is 16.5. The third-order valence-electron chi connectivity index (χ3n) is 4.68. The highest BCUT2D eigenvalue weighted by molar-refractivity contribution is 5.62. The summed E-state index contributed by atoms with van der Waals surface area (Å²) >= 11 is 0. The summed E-state index contributed by atoms with van der Waals surface area (Å²) in [7, 11) is 1.68. The second-order valence-corrected chi connectivity index (χ2v) is 6.81. The van der Waals surface area contributed by atoms with Crippen LogP contribution >= 0.6 is 0 Å². The second-order valence-electron chi connectivity index (χ2n) is 6.81. The monoisotopic (exact) mass is 378 g/mol. The molecule has 5 nitrogen and oxygen atoms in total. The molecule has 0 amide bonds. The van der Waals surface area contributed by atoms with Crippen molar-refractivity contribution in [1.29, 1.82) is 0 Å². The maximum absolute atomic E-state index is 6.01. The van der Waals surface area contributed by atoms with Crippen molar-refractivity contribution in [3.8, 4) is 29.0 Å². The van der Waals surface area contributed by atoms with Gasteiger partial charge in [0.25, 0.3) is 0 Å². The Balaban J connectivity index is 1.86. The first-order valence-electron chi connectivity index (χ1n) is 9.28. The molecule has 5 heteroatoms. The minimum atomic E-state index is 0.635. The Morgan fingerprint density at radius 3 is 2.64 bits per heavy atom. The Hall–Kier alpha value is -2.97. The molecule has 0 saturated carbocycles. The molecule has 3 aromatic rings. The van der Waals surface area contributed by atoms with E-state index in [-0.39, 0.29) is 0 Å². The van der Waals surface area contributed by atoms with E-state index in [1.54, 1.807) is 13.4 Å². The first-order valence-corrected chi connectivity index (χ1v) is 9.28. The fraction of sp³-hybridized carbons (Fsp3) is 0.348. The van der Waals surface area contributed by atoms with Crippen LogP contribution in [0.15, 0.2) is 39.4 Å². The Morgan fingerprint density at radius 1 is 1.14 bits per heavy atom. The standard InChI is InChI=1S/C23H26N2O3/c1-6-7-10-25(14-19-9-8-11-27-19)15-21-18(4)28-23(24-21)20-12-17(3)22(26-5)13-16(20)2/h8-9,11-13H,10,14-15H2,1-5H3. The zero-order valence-corrected chi connectivity index (χ0v) is 17.1. The molecule has 28 heavy (non-hydrogen) atoms. The van der Waals surface area contributed by atoms with Crippen LogP contribution in [-0.2, 0) is 13.1 Å². The number of aromatic nitrogens is 1. The Labute approximate surface area is 166 Å². The summed E-state index contributed by atoms with van der Waals surface area (Å²) in [5.41, 5.74) is 4.02. The van der Waals surface area contributed by atoms with Crippen LogP contribution in [0.5, 0.6) is 5.75 Å². The minimum Gasteiger partial charge on any atom is -0.496 e. The van der Waals surface area contributed by atoms with Crippen molar-refractivity contribution in [3.05, 3.63) is 58.9 Å². The summed E-state index contributed by atoms with van der Waals surface area (Å²) in [6.07, 6.45) is 1.69. The molecule has 0 aliphatic carbocycles. The van der Waals surface area contributed by atoms with E-state index in [1.807, 2.05) is 45.9 Å². The van der Waals surface area contributed by atoms with E-state index in [0.717, 1.165) is 39.7 Å². The smallest absolute Gasteiger partial charge is 0.226 e. The van der Waals surface area contributed by atoms with Gasteiger partial charge in [0, 0.05) is 12.1 Å². The van der Waals surface area contributed by atoms with Crippen LogP contribution in [0.1, 0.15) is 35.3 Å². The summed E-state index contributed by atoms with van der Waals surface area (Å²) in [6, 6.07) is 7.94. The van der Waals surface area contributed by atoms with E-state index in [1.165, 1.54) is 0 Å². The number of ether oxygens (including phenoxy) is 1. The molecule has 0 fully saturated rings. The van der Waals surface area contributed by atoms with Crippen molar-refractivity contribution in [2.45, 2.75) is 40.8 Å². The molecule has 2 heterocycles. The predicted molar refractivity (Wildman–Crippen MR) is 109 cm³/mol. The molecule has 0 unspecified atom stereocenters. The minimum absolute atomic E-state index is 0.635. The Kier molecular flexibility index (Phi) is 6.23. The number of methoxy groups -OCH3 is 1. The van der Waals surface area contributed by atoms with Gasteiger partial charge in [0.2, 0.25) is 5.89 Å². The summed E-state index contributed by atoms with van der Waals surface area (Å²) in [5.74, 6) is 9.31. The van der Waals surface area contributed by atoms with Gasteiger partial charge in [-0.15, -0.1) is 5.92 Å². The maximum Gasteiger partial charge on any atom is 0.226 e. The number of rotatable bonds is 7. The normalized spacial score (nSPS) is 10.8. The SMILES string of the molecule is CC#CCN(Cc1ccco1)Cc1nc(-c2cc(C)c(OC)cc2C)oc1C. The number of nitrogens with zero attached hydrogens (tertiary/aromatic N) is 2. The first-order chi connectivity index (χ1) is 13.5. The lowest BCUT2D eigenvalue weighted by molar-refractivity contribution is 0.260. The van der Waals surface area contributed by atoms with Crippen molar-refractivity contribution in [1.82, 2.24) is 9.88 Å². The zero-order valence-electron chi connectivity index (χ0n) is 17.1. The molecule has 0 saturated heterocycles. The average molecular weight is 378 g/mol. The van der Waals surface area contributed by atoms with Crippen LogP contribution in [0.3, 0.4) is 0 Å². The van der Waals surface area contributed by atoms with E-state index in [9.17, 15) is 0 Å². The van der Waals surface area contributed by atoms with Gasteiger partial charge in [-0.25, -0.2) is 4.98 Å². The number of hydrogen-bond acceptors (Lipinski definition) is 5. The summed E-state index contributed by atoms with van der Waals surface area (Å²) in [5, 5.41) is 0. The van der Waals surface area contributed by atoms with E-state index < -0.39 is 0 Å². The summed E-state index contributed by atoms with van der Waals surface area (Å²) in [6.45, 7) is 9.80. The maximum atomic E-state index is 6.01. The van der Waals surface area contributed by atoms with Gasteiger partial charge in [-0.2, -0.15) is 0 Å². The Bertz CT molecular complexity index is 991. The molecular formula is C23H26N2O3. The van der Waals surface area contributed by atoms with Crippen molar-refractivity contribution >= 4 is 0 Å². The molecular weight excluding hydrogens is 352 g/mol. The van der Waals surface area contributed by atoms with E-state index in [0.29, 0.717) is 25.5 Å². The van der Waals surface area contributed by atoms with Gasteiger partial charge in [0.05, 0.1) is 32.2 Å². The lowest BCUT2D eigenvalue weighted by Crippen LogP contribution is -2.23. The van der Waals surface area contributed by atoms with Gasteiger partial charge >= 0.3 is 0 Å². The fourth-order valence-electron chi connectivity index (χ4n) is 3.12. The molecule has 146 valence electrons. The number of aryl methyl sites for hydroxylation is 3. The third-order valence-corrected chi connectivity index (χ3v) is 4.68. The third kappa shape index (κ3) is 4.47. The summed E-state index contributed by atoms with van der Waals surface area (Å²) in [4.78, 5) is 6.98. The second kappa shape index (κ2) is 8.81. The lowest BCUT2D eigenvalue weighted by atomic mass is 10.0. The number of oxazole rings is 1. The number of hydrogen-bond donors (Lipinski definition) is 0. The number of benzene rings is 1. The van der Waals surface area contributed by atoms with Crippen molar-refractivity contribution in [2.75, 3.05) is 13.7 Å². The van der Waals surface area contributed by atoms with Crippen LogP contribution < -0.4 is 4.74 Å². The van der Waals surface area contributed by atoms with Gasteiger partial charge in [-0.3, -0.25) is 4.90 Å². The molecule has 2 aromatic heterocycles. The first kappa shape index (κ1) is 19.8. The molecule has 0 radical (unpaired) electrons.